The number of carbonyl (C=O) groups excluding carboxylic acids is 1. The lowest BCUT2D eigenvalue weighted by Crippen LogP contribution is -2.18. The van der Waals surface area contributed by atoms with Crippen LogP contribution in [0.25, 0.3) is 10.9 Å². The fraction of sp³-hybridized carbons (Fsp3) is 0.400. The Morgan fingerprint density at radius 3 is 2.97 bits per heavy atom. The number of aryl methyl sites for hydroxylation is 2. The van der Waals surface area contributed by atoms with Gasteiger partial charge in [-0.1, -0.05) is 36.9 Å². The van der Waals surface area contributed by atoms with E-state index in [-0.39, 0.29) is 5.91 Å². The molecule has 0 aliphatic heterocycles. The maximum absolute atomic E-state index is 13.3. The molecule has 3 aromatic rings. The van der Waals surface area contributed by atoms with Gasteiger partial charge in [0.1, 0.15) is 11.1 Å². The molecular formula is C25H25N3OS. The molecular weight excluding hydrogens is 390 g/mol. The monoisotopic (exact) mass is 415 g/mol. The van der Waals surface area contributed by atoms with Gasteiger partial charge in [-0.2, -0.15) is 5.26 Å². The first-order chi connectivity index (χ1) is 14.7. The number of nitrogens with zero attached hydrogens (tertiary/aromatic N) is 3. The van der Waals surface area contributed by atoms with Gasteiger partial charge in [-0.3, -0.25) is 9.36 Å². The van der Waals surface area contributed by atoms with Gasteiger partial charge in [-0.15, -0.1) is 0 Å². The number of thioether (sulfide) groups is 1. The zero-order valence-electron chi connectivity index (χ0n) is 17.3. The van der Waals surface area contributed by atoms with E-state index in [1.165, 1.54) is 40.4 Å². The minimum Gasteiger partial charge on any atom is -0.283 e. The summed E-state index contributed by atoms with van der Waals surface area (Å²) >= 11 is 1.41. The Labute approximate surface area is 181 Å². The van der Waals surface area contributed by atoms with Gasteiger partial charge in [-0.25, -0.2) is 4.98 Å². The van der Waals surface area contributed by atoms with Gasteiger partial charge in [-0.05, 0) is 74.1 Å². The molecule has 1 atom stereocenters. The Morgan fingerprint density at radius 2 is 2.10 bits per heavy atom. The van der Waals surface area contributed by atoms with Crippen LogP contribution in [0, 0.1) is 17.2 Å². The van der Waals surface area contributed by atoms with Crippen molar-refractivity contribution in [2.24, 2.45) is 5.92 Å². The first-order valence-corrected chi connectivity index (χ1v) is 11.8. The summed E-state index contributed by atoms with van der Waals surface area (Å²) in [6.45, 7) is 2.25. The van der Waals surface area contributed by atoms with Crippen LogP contribution in [0.15, 0.2) is 35.4 Å². The number of hydrogen-bond donors (Lipinski definition) is 0. The van der Waals surface area contributed by atoms with Crippen molar-refractivity contribution in [1.82, 2.24) is 9.55 Å². The molecule has 152 valence electrons. The van der Waals surface area contributed by atoms with E-state index in [4.69, 9.17) is 4.98 Å². The molecule has 0 saturated heterocycles. The van der Waals surface area contributed by atoms with Crippen molar-refractivity contribution < 1.29 is 4.79 Å². The van der Waals surface area contributed by atoms with Gasteiger partial charge in [0.2, 0.25) is 5.91 Å². The van der Waals surface area contributed by atoms with Crippen molar-refractivity contribution in [1.29, 1.82) is 5.26 Å². The molecule has 0 radical (unpaired) electrons. The molecule has 5 heteroatoms. The summed E-state index contributed by atoms with van der Waals surface area (Å²) in [4.78, 5) is 18.1. The predicted molar refractivity (Wildman–Crippen MR) is 120 cm³/mol. The van der Waals surface area contributed by atoms with Gasteiger partial charge in [0.25, 0.3) is 0 Å². The average Bonchev–Trinajstić information content (AvgIpc) is 3.11. The van der Waals surface area contributed by atoms with Gasteiger partial charge in [0.15, 0.2) is 0 Å². The maximum Gasteiger partial charge on any atom is 0.241 e. The second-order valence-electron chi connectivity index (χ2n) is 8.57. The lowest BCUT2D eigenvalue weighted by atomic mass is 9.87. The van der Waals surface area contributed by atoms with Crippen LogP contribution >= 0.6 is 11.8 Å². The number of benzene rings is 1. The van der Waals surface area contributed by atoms with Gasteiger partial charge < -0.3 is 0 Å². The van der Waals surface area contributed by atoms with Gasteiger partial charge in [0.05, 0.1) is 16.8 Å². The molecule has 1 unspecified atom stereocenters. The van der Waals surface area contributed by atoms with Crippen LogP contribution in [0.3, 0.4) is 0 Å². The highest BCUT2D eigenvalue weighted by Gasteiger charge is 2.24. The average molecular weight is 416 g/mol. The second-order valence-corrected chi connectivity index (χ2v) is 9.54. The topological polar surface area (TPSA) is 58.7 Å². The molecule has 2 aliphatic rings. The molecule has 4 nitrogen and oxygen atoms in total. The molecule has 30 heavy (non-hydrogen) atoms. The minimum absolute atomic E-state index is 0.0800. The maximum atomic E-state index is 13.3. The molecule has 0 N–H and O–H groups in total. The Kier molecular flexibility index (Phi) is 5.12. The predicted octanol–water partition coefficient (Wildman–Crippen LogP) is 5.34. The normalized spacial score (nSPS) is 17.9. The third-order valence-electron chi connectivity index (χ3n) is 6.48. The van der Waals surface area contributed by atoms with Crippen molar-refractivity contribution in [3.05, 3.63) is 58.4 Å². The Morgan fingerprint density at radius 1 is 1.27 bits per heavy atom. The number of carbonyl (C=O) groups is 1. The van der Waals surface area contributed by atoms with E-state index in [1.54, 1.807) is 0 Å². The third-order valence-corrected chi connectivity index (χ3v) is 7.46. The van der Waals surface area contributed by atoms with Crippen molar-refractivity contribution in [2.45, 2.75) is 56.9 Å². The van der Waals surface area contributed by atoms with Crippen molar-refractivity contribution in [2.75, 3.05) is 5.75 Å². The van der Waals surface area contributed by atoms with Gasteiger partial charge in [0, 0.05) is 16.8 Å². The largest absolute Gasteiger partial charge is 0.283 e. The lowest BCUT2D eigenvalue weighted by Gasteiger charge is -2.21. The quantitative estimate of drug-likeness (QED) is 0.542. The van der Waals surface area contributed by atoms with E-state index in [0.29, 0.717) is 22.3 Å². The van der Waals surface area contributed by atoms with E-state index in [9.17, 15) is 10.1 Å². The van der Waals surface area contributed by atoms with Crippen molar-refractivity contribution >= 4 is 28.6 Å². The van der Waals surface area contributed by atoms with E-state index >= 15 is 0 Å². The highest BCUT2D eigenvalue weighted by atomic mass is 32.2. The standard InChI is InChI=1S/C25H25N3OS/c1-16-10-11-21-17(12-16)13-18(14-26)25(27-21)30-15-24(29)28-22-8-4-2-6-19(22)20-7-3-5-9-23(20)28/h2,4,6,8,13,16H,3,5,7,9-12,15H2,1H3. The second kappa shape index (κ2) is 7.92. The Bertz CT molecular complexity index is 1190. The highest BCUT2D eigenvalue weighted by molar-refractivity contribution is 8.00. The molecule has 2 heterocycles. The number of aromatic nitrogens is 2. The minimum atomic E-state index is 0.0800. The summed E-state index contributed by atoms with van der Waals surface area (Å²) in [5.74, 6) is 1.01. The van der Waals surface area contributed by atoms with Crippen molar-refractivity contribution in [3.8, 4) is 6.07 Å². The first kappa shape index (κ1) is 19.4. The summed E-state index contributed by atoms with van der Waals surface area (Å²) < 4.78 is 1.93. The first-order valence-electron chi connectivity index (χ1n) is 10.9. The molecule has 0 amide bonds. The number of pyridine rings is 1. The van der Waals surface area contributed by atoms with Crippen LogP contribution in [-0.2, 0) is 25.7 Å². The third kappa shape index (κ3) is 3.33. The van der Waals surface area contributed by atoms with Crippen molar-refractivity contribution in [3.63, 3.8) is 0 Å². The van der Waals surface area contributed by atoms with Crippen LogP contribution in [0.5, 0.6) is 0 Å². The Hall–Kier alpha value is -2.58. The fourth-order valence-electron chi connectivity index (χ4n) is 4.99. The Balaban J connectivity index is 1.45. The van der Waals surface area contributed by atoms with Crippen LogP contribution in [0.4, 0.5) is 0 Å². The molecule has 0 bridgehead atoms. The summed E-state index contributed by atoms with van der Waals surface area (Å²) in [5.41, 5.74) is 6.44. The summed E-state index contributed by atoms with van der Waals surface area (Å²) in [5, 5.41) is 11.6. The number of hydrogen-bond acceptors (Lipinski definition) is 4. The van der Waals surface area contributed by atoms with Crippen LogP contribution in [0.1, 0.15) is 59.1 Å². The summed E-state index contributed by atoms with van der Waals surface area (Å²) in [6.07, 6.45) is 7.41. The number of rotatable bonds is 3. The molecule has 5 rings (SSSR count). The van der Waals surface area contributed by atoms with E-state index in [1.807, 2.05) is 16.7 Å². The number of nitriles is 1. The number of fused-ring (bicyclic) bond motifs is 4. The van der Waals surface area contributed by atoms with E-state index in [0.717, 1.165) is 49.7 Å². The molecule has 1 aromatic carbocycles. The zero-order chi connectivity index (χ0) is 20.7. The molecule has 0 saturated carbocycles. The fourth-order valence-corrected chi connectivity index (χ4v) is 5.82. The van der Waals surface area contributed by atoms with Crippen LogP contribution < -0.4 is 0 Å². The SMILES string of the molecule is CC1CCc2nc(SCC(=O)n3c4c(c5ccccc53)CCCC4)c(C#N)cc2C1. The summed E-state index contributed by atoms with van der Waals surface area (Å²) in [6, 6.07) is 12.5. The smallest absolute Gasteiger partial charge is 0.241 e. The lowest BCUT2D eigenvalue weighted by molar-refractivity contribution is 0.0943. The molecule has 0 spiro atoms. The van der Waals surface area contributed by atoms with E-state index < -0.39 is 0 Å². The zero-order valence-corrected chi connectivity index (χ0v) is 18.1. The molecule has 0 fully saturated rings. The van der Waals surface area contributed by atoms with E-state index in [2.05, 4.69) is 31.2 Å². The van der Waals surface area contributed by atoms with Gasteiger partial charge >= 0.3 is 0 Å². The highest BCUT2D eigenvalue weighted by Crippen LogP contribution is 2.33. The van der Waals surface area contributed by atoms with Crippen LogP contribution in [0.2, 0.25) is 0 Å². The molecule has 2 aromatic heterocycles. The van der Waals surface area contributed by atoms with Crippen LogP contribution in [-0.4, -0.2) is 21.2 Å². The summed E-state index contributed by atoms with van der Waals surface area (Å²) in [7, 11) is 0. The molecule has 2 aliphatic carbocycles. The number of para-hydroxylation sites is 1.